The second-order valence-electron chi connectivity index (χ2n) is 5.94. The maximum atomic E-state index is 12.5. The molecule has 0 saturated carbocycles. The predicted molar refractivity (Wildman–Crippen MR) is 96.3 cm³/mol. The number of carbonyl (C=O) groups is 1. The number of likely N-dealkylation sites (N-methyl/N-ethyl adjacent to an activating group) is 1. The number of hydrogen-bond donors (Lipinski definition) is 1. The summed E-state index contributed by atoms with van der Waals surface area (Å²) in [6, 6.07) is 17.1. The van der Waals surface area contributed by atoms with Gasteiger partial charge in [-0.05, 0) is 43.9 Å². The number of rotatable bonds is 5. The van der Waals surface area contributed by atoms with Crippen LogP contribution in [0.4, 0.5) is 0 Å². The van der Waals surface area contributed by atoms with Crippen molar-refractivity contribution in [3.63, 3.8) is 0 Å². The average molecular weight is 343 g/mol. The molecule has 1 heterocycles. The van der Waals surface area contributed by atoms with Crippen molar-refractivity contribution in [3.8, 4) is 0 Å². The number of nitrogens with one attached hydrogen (secondary N) is 1. The molecule has 0 unspecified atom stereocenters. The van der Waals surface area contributed by atoms with Gasteiger partial charge in [-0.2, -0.15) is 0 Å². The second kappa shape index (κ2) is 7.07. The van der Waals surface area contributed by atoms with E-state index in [1.165, 1.54) is 0 Å². The molecule has 1 N–H and O–H groups in total. The molecule has 24 heavy (non-hydrogen) atoms. The molecular weight excluding hydrogens is 324 g/mol. The standard InChI is InChI=1S/C19H19ClN2O2/c1-22(2)18(10-13-6-4-3-5-7-13)21-19(23)17-12-14-11-15(20)8-9-16(14)24-17/h3-9,11-12,18H,10H2,1-2H3,(H,21,23)/t18-/m1/s1. The van der Waals surface area contributed by atoms with E-state index < -0.39 is 0 Å². The van der Waals surface area contributed by atoms with Crippen LogP contribution in [0.25, 0.3) is 11.0 Å². The van der Waals surface area contributed by atoms with Crippen molar-refractivity contribution >= 4 is 28.5 Å². The number of hydrogen-bond acceptors (Lipinski definition) is 3. The summed E-state index contributed by atoms with van der Waals surface area (Å²) in [5.41, 5.74) is 1.81. The number of fused-ring (bicyclic) bond motifs is 1. The Hall–Kier alpha value is -2.30. The first kappa shape index (κ1) is 16.6. The van der Waals surface area contributed by atoms with E-state index in [0.717, 1.165) is 10.9 Å². The van der Waals surface area contributed by atoms with Crippen molar-refractivity contribution < 1.29 is 9.21 Å². The van der Waals surface area contributed by atoms with Crippen LogP contribution in [0.1, 0.15) is 16.1 Å². The van der Waals surface area contributed by atoms with Crippen LogP contribution in [-0.2, 0) is 6.42 Å². The molecule has 5 heteroatoms. The molecular formula is C19H19ClN2O2. The minimum Gasteiger partial charge on any atom is -0.451 e. The first-order chi connectivity index (χ1) is 11.5. The molecule has 4 nitrogen and oxygen atoms in total. The smallest absolute Gasteiger partial charge is 0.288 e. The molecule has 0 aliphatic rings. The highest BCUT2D eigenvalue weighted by atomic mass is 35.5. The SMILES string of the molecule is CN(C)[C@H](Cc1ccccc1)NC(=O)c1cc2cc(Cl)ccc2o1. The van der Waals surface area contributed by atoms with E-state index in [1.807, 2.05) is 49.3 Å². The van der Waals surface area contributed by atoms with Crippen molar-refractivity contribution in [3.05, 3.63) is 70.9 Å². The van der Waals surface area contributed by atoms with E-state index in [4.69, 9.17) is 16.0 Å². The van der Waals surface area contributed by atoms with Crippen molar-refractivity contribution in [2.45, 2.75) is 12.6 Å². The van der Waals surface area contributed by atoms with Crippen molar-refractivity contribution in [2.75, 3.05) is 14.1 Å². The lowest BCUT2D eigenvalue weighted by molar-refractivity contribution is 0.0864. The summed E-state index contributed by atoms with van der Waals surface area (Å²) in [6.45, 7) is 0. The molecule has 124 valence electrons. The van der Waals surface area contributed by atoms with Crippen LogP contribution in [0, 0.1) is 0 Å². The Labute approximate surface area is 146 Å². The lowest BCUT2D eigenvalue weighted by Gasteiger charge is -2.25. The first-order valence-electron chi connectivity index (χ1n) is 7.73. The maximum absolute atomic E-state index is 12.5. The quantitative estimate of drug-likeness (QED) is 0.714. The third kappa shape index (κ3) is 3.78. The van der Waals surface area contributed by atoms with Crippen LogP contribution in [0.3, 0.4) is 0 Å². The number of carbonyl (C=O) groups excluding carboxylic acids is 1. The van der Waals surface area contributed by atoms with E-state index in [0.29, 0.717) is 17.0 Å². The lowest BCUT2D eigenvalue weighted by atomic mass is 10.1. The van der Waals surface area contributed by atoms with Gasteiger partial charge < -0.3 is 9.73 Å². The van der Waals surface area contributed by atoms with E-state index in [9.17, 15) is 4.79 Å². The zero-order valence-electron chi connectivity index (χ0n) is 13.6. The zero-order chi connectivity index (χ0) is 17.1. The van der Waals surface area contributed by atoms with E-state index >= 15 is 0 Å². The Morgan fingerprint density at radius 1 is 1.17 bits per heavy atom. The van der Waals surface area contributed by atoms with E-state index in [-0.39, 0.29) is 17.8 Å². The van der Waals surface area contributed by atoms with Gasteiger partial charge in [0.15, 0.2) is 5.76 Å². The van der Waals surface area contributed by atoms with Crippen LogP contribution < -0.4 is 5.32 Å². The van der Waals surface area contributed by atoms with Gasteiger partial charge in [-0.25, -0.2) is 0 Å². The minimum absolute atomic E-state index is 0.128. The third-order valence-electron chi connectivity index (χ3n) is 3.90. The number of furan rings is 1. The molecule has 0 saturated heterocycles. The maximum Gasteiger partial charge on any atom is 0.288 e. The van der Waals surface area contributed by atoms with Gasteiger partial charge in [0, 0.05) is 16.8 Å². The van der Waals surface area contributed by atoms with Gasteiger partial charge in [0.25, 0.3) is 5.91 Å². The molecule has 1 aromatic heterocycles. The van der Waals surface area contributed by atoms with Gasteiger partial charge in [-0.15, -0.1) is 0 Å². The average Bonchev–Trinajstić information content (AvgIpc) is 2.98. The molecule has 2 aromatic carbocycles. The van der Waals surface area contributed by atoms with Gasteiger partial charge in [0.2, 0.25) is 0 Å². The summed E-state index contributed by atoms with van der Waals surface area (Å²) in [7, 11) is 3.87. The van der Waals surface area contributed by atoms with Crippen molar-refractivity contribution in [1.82, 2.24) is 10.2 Å². The third-order valence-corrected chi connectivity index (χ3v) is 4.13. The number of nitrogens with zero attached hydrogens (tertiary/aromatic N) is 1. The van der Waals surface area contributed by atoms with Gasteiger partial charge in [-0.3, -0.25) is 9.69 Å². The fourth-order valence-corrected chi connectivity index (χ4v) is 2.73. The monoisotopic (exact) mass is 342 g/mol. The summed E-state index contributed by atoms with van der Waals surface area (Å²) in [5.74, 6) is 0.0455. The minimum atomic E-state index is -0.239. The first-order valence-corrected chi connectivity index (χ1v) is 8.11. The normalized spacial score (nSPS) is 12.5. The van der Waals surface area contributed by atoms with E-state index in [2.05, 4.69) is 5.32 Å². The molecule has 0 radical (unpaired) electrons. The van der Waals surface area contributed by atoms with Gasteiger partial charge in [-0.1, -0.05) is 41.9 Å². The topological polar surface area (TPSA) is 45.5 Å². The van der Waals surface area contributed by atoms with Crippen LogP contribution in [0.15, 0.2) is 59.0 Å². The molecule has 0 spiro atoms. The molecule has 1 amide bonds. The molecule has 3 rings (SSSR count). The molecule has 0 bridgehead atoms. The van der Waals surface area contributed by atoms with Crippen LogP contribution >= 0.6 is 11.6 Å². The van der Waals surface area contributed by atoms with E-state index in [1.54, 1.807) is 24.3 Å². The highest BCUT2D eigenvalue weighted by Crippen LogP contribution is 2.23. The van der Waals surface area contributed by atoms with Crippen molar-refractivity contribution in [2.24, 2.45) is 0 Å². The zero-order valence-corrected chi connectivity index (χ0v) is 14.4. The number of amides is 1. The summed E-state index contributed by atoms with van der Waals surface area (Å²) in [6.07, 6.45) is 0.586. The largest absolute Gasteiger partial charge is 0.451 e. The fraction of sp³-hybridized carbons (Fsp3) is 0.211. The van der Waals surface area contributed by atoms with Crippen molar-refractivity contribution in [1.29, 1.82) is 0 Å². The fourth-order valence-electron chi connectivity index (χ4n) is 2.55. The lowest BCUT2D eigenvalue weighted by Crippen LogP contribution is -2.46. The van der Waals surface area contributed by atoms with Gasteiger partial charge in [0.1, 0.15) is 5.58 Å². The molecule has 0 fully saturated rings. The molecule has 3 aromatic rings. The molecule has 0 aliphatic carbocycles. The summed E-state index contributed by atoms with van der Waals surface area (Å²) in [5, 5.41) is 4.45. The Morgan fingerprint density at radius 3 is 2.62 bits per heavy atom. The highest BCUT2D eigenvalue weighted by molar-refractivity contribution is 6.31. The Kier molecular flexibility index (Phi) is 4.88. The second-order valence-corrected chi connectivity index (χ2v) is 6.37. The highest BCUT2D eigenvalue weighted by Gasteiger charge is 2.19. The van der Waals surface area contributed by atoms with Crippen LogP contribution in [0.5, 0.6) is 0 Å². The summed E-state index contributed by atoms with van der Waals surface area (Å²) < 4.78 is 5.63. The van der Waals surface area contributed by atoms with Crippen LogP contribution in [0.2, 0.25) is 5.02 Å². The summed E-state index contributed by atoms with van der Waals surface area (Å²) in [4.78, 5) is 14.5. The van der Waals surface area contributed by atoms with Gasteiger partial charge in [0.05, 0.1) is 6.17 Å². The predicted octanol–water partition coefficient (Wildman–Crippen LogP) is 3.95. The number of halogens is 1. The van der Waals surface area contributed by atoms with Gasteiger partial charge >= 0.3 is 0 Å². The van der Waals surface area contributed by atoms with Crippen LogP contribution in [-0.4, -0.2) is 31.1 Å². The summed E-state index contributed by atoms with van der Waals surface area (Å²) >= 11 is 5.97. The molecule has 0 aliphatic heterocycles. The Morgan fingerprint density at radius 2 is 1.92 bits per heavy atom. The number of benzene rings is 2. The molecule has 1 atom stereocenters. The Bertz CT molecular complexity index is 843. The Balaban J connectivity index is 1.77.